The lowest BCUT2D eigenvalue weighted by Gasteiger charge is -2.15. The van der Waals surface area contributed by atoms with Gasteiger partial charge in [-0.3, -0.25) is 0 Å². The van der Waals surface area contributed by atoms with Gasteiger partial charge in [0.05, 0.1) is 11.5 Å². The second kappa shape index (κ2) is 4.24. The van der Waals surface area contributed by atoms with Crippen LogP contribution >= 0.6 is 11.6 Å². The molecule has 0 aromatic heterocycles. The third-order valence-electron chi connectivity index (χ3n) is 2.37. The normalized spacial score (nSPS) is 27.9. The van der Waals surface area contributed by atoms with Crippen molar-refractivity contribution in [2.75, 3.05) is 11.5 Å². The molecule has 2 rings (SSSR count). The summed E-state index contributed by atoms with van der Waals surface area (Å²) >= 11 is 5.70. The molecule has 6 heteroatoms. The highest BCUT2D eigenvalue weighted by molar-refractivity contribution is 7.91. The zero-order valence-electron chi connectivity index (χ0n) is 8.34. The van der Waals surface area contributed by atoms with Crippen molar-refractivity contribution >= 4 is 21.4 Å². The first-order chi connectivity index (χ1) is 7.46. The Bertz CT molecular complexity index is 468. The van der Waals surface area contributed by atoms with Crippen molar-refractivity contribution in [3.05, 3.63) is 29.3 Å². The Kier molecular flexibility index (Phi) is 3.10. The van der Waals surface area contributed by atoms with E-state index in [1.165, 1.54) is 0 Å². The minimum absolute atomic E-state index is 0.142. The number of hydrogen-bond acceptors (Lipinski definition) is 4. The number of rotatable bonds is 2. The molecule has 1 N–H and O–H groups in total. The Labute approximate surface area is 98.7 Å². The van der Waals surface area contributed by atoms with Crippen molar-refractivity contribution in [1.29, 1.82) is 0 Å². The van der Waals surface area contributed by atoms with Gasteiger partial charge in [-0.15, -0.1) is 0 Å². The van der Waals surface area contributed by atoms with Crippen molar-refractivity contribution in [1.82, 2.24) is 0 Å². The van der Waals surface area contributed by atoms with Crippen LogP contribution in [-0.2, 0) is 9.84 Å². The molecule has 88 valence electrons. The molecule has 4 nitrogen and oxygen atoms in total. The van der Waals surface area contributed by atoms with Crippen LogP contribution in [-0.4, -0.2) is 37.2 Å². The van der Waals surface area contributed by atoms with Crippen LogP contribution < -0.4 is 4.74 Å². The van der Waals surface area contributed by atoms with E-state index in [0.717, 1.165) is 0 Å². The molecule has 1 heterocycles. The van der Waals surface area contributed by atoms with E-state index in [4.69, 9.17) is 16.3 Å². The second-order valence-corrected chi connectivity index (χ2v) is 6.34. The smallest absolute Gasteiger partial charge is 0.156 e. The van der Waals surface area contributed by atoms with Crippen molar-refractivity contribution in [3.63, 3.8) is 0 Å². The van der Waals surface area contributed by atoms with Crippen LogP contribution in [0, 0.1) is 0 Å². The number of hydrogen-bond donors (Lipinski definition) is 1. The van der Waals surface area contributed by atoms with Crippen LogP contribution in [0.5, 0.6) is 5.75 Å². The molecule has 1 aromatic carbocycles. The van der Waals surface area contributed by atoms with Crippen LogP contribution in [0.2, 0.25) is 5.02 Å². The van der Waals surface area contributed by atoms with Crippen molar-refractivity contribution < 1.29 is 18.3 Å². The summed E-state index contributed by atoms with van der Waals surface area (Å²) in [6, 6.07) is 6.57. The van der Waals surface area contributed by atoms with Gasteiger partial charge in [0, 0.05) is 5.02 Å². The number of ether oxygens (including phenoxy) is 1. The molecule has 0 bridgehead atoms. The second-order valence-electron chi connectivity index (χ2n) is 3.75. The maximum absolute atomic E-state index is 11.2. The molecule has 1 aromatic rings. The zero-order chi connectivity index (χ0) is 11.8. The fourth-order valence-electron chi connectivity index (χ4n) is 1.60. The Morgan fingerprint density at radius 2 is 1.88 bits per heavy atom. The molecule has 0 saturated carbocycles. The lowest BCUT2D eigenvalue weighted by atomic mass is 10.2. The van der Waals surface area contributed by atoms with Crippen molar-refractivity contribution in [2.45, 2.75) is 12.2 Å². The maximum Gasteiger partial charge on any atom is 0.156 e. The number of halogens is 1. The quantitative estimate of drug-likeness (QED) is 0.859. The summed E-state index contributed by atoms with van der Waals surface area (Å²) in [7, 11) is -3.17. The van der Waals surface area contributed by atoms with Crippen LogP contribution in [0.4, 0.5) is 0 Å². The third kappa shape index (κ3) is 2.66. The minimum Gasteiger partial charge on any atom is -0.487 e. The van der Waals surface area contributed by atoms with Crippen LogP contribution in [0.25, 0.3) is 0 Å². The zero-order valence-corrected chi connectivity index (χ0v) is 9.91. The van der Waals surface area contributed by atoms with E-state index < -0.39 is 22.0 Å². The van der Waals surface area contributed by atoms with E-state index >= 15 is 0 Å². The molecule has 2 atom stereocenters. The van der Waals surface area contributed by atoms with Crippen LogP contribution in [0.3, 0.4) is 0 Å². The van der Waals surface area contributed by atoms with Gasteiger partial charge < -0.3 is 9.84 Å². The van der Waals surface area contributed by atoms with Gasteiger partial charge in [0.15, 0.2) is 9.84 Å². The Morgan fingerprint density at radius 1 is 1.25 bits per heavy atom. The average molecular weight is 263 g/mol. The standard InChI is InChI=1S/C10H11ClO4S/c11-7-1-3-8(4-2-7)15-10-6-16(13,14)5-9(10)12/h1-4,9-10,12H,5-6H2. The molecule has 1 aliphatic heterocycles. The van der Waals surface area contributed by atoms with Gasteiger partial charge in [0.2, 0.25) is 0 Å². The maximum atomic E-state index is 11.2. The van der Waals surface area contributed by atoms with Crippen molar-refractivity contribution in [3.8, 4) is 5.75 Å². The van der Waals surface area contributed by atoms with Crippen molar-refractivity contribution in [2.24, 2.45) is 0 Å². The fraction of sp³-hybridized carbons (Fsp3) is 0.400. The lowest BCUT2D eigenvalue weighted by Crippen LogP contribution is -2.29. The van der Waals surface area contributed by atoms with Gasteiger partial charge >= 0.3 is 0 Å². The minimum atomic E-state index is -3.17. The van der Waals surface area contributed by atoms with E-state index in [2.05, 4.69) is 0 Å². The molecule has 0 spiro atoms. The van der Waals surface area contributed by atoms with E-state index in [-0.39, 0.29) is 11.5 Å². The monoisotopic (exact) mass is 262 g/mol. The summed E-state index contributed by atoms with van der Waals surface area (Å²) in [6.45, 7) is 0. The molecule has 0 aliphatic carbocycles. The SMILES string of the molecule is O=S1(=O)CC(O)C(Oc2ccc(Cl)cc2)C1. The van der Waals surface area contributed by atoms with E-state index in [1.54, 1.807) is 24.3 Å². The molecule has 1 saturated heterocycles. The molecular formula is C10H11ClO4S. The number of sulfone groups is 1. The van der Waals surface area contributed by atoms with Gasteiger partial charge in [-0.1, -0.05) is 11.6 Å². The van der Waals surface area contributed by atoms with Gasteiger partial charge in [-0.25, -0.2) is 8.42 Å². The summed E-state index contributed by atoms with van der Waals surface area (Å²) in [4.78, 5) is 0. The molecular weight excluding hydrogens is 252 g/mol. The lowest BCUT2D eigenvalue weighted by molar-refractivity contribution is 0.0738. The van der Waals surface area contributed by atoms with E-state index in [1.807, 2.05) is 0 Å². The third-order valence-corrected chi connectivity index (χ3v) is 4.31. The summed E-state index contributed by atoms with van der Waals surface area (Å²) in [6.07, 6.45) is -1.65. The number of benzene rings is 1. The molecule has 2 unspecified atom stereocenters. The van der Waals surface area contributed by atoms with Gasteiger partial charge in [0.1, 0.15) is 18.0 Å². The first kappa shape index (κ1) is 11.7. The summed E-state index contributed by atoms with van der Waals surface area (Å²) < 4.78 is 27.9. The number of aliphatic hydroxyl groups is 1. The Morgan fingerprint density at radius 3 is 2.38 bits per heavy atom. The molecule has 0 amide bonds. The highest BCUT2D eigenvalue weighted by Crippen LogP contribution is 2.21. The number of aliphatic hydroxyl groups excluding tert-OH is 1. The Balaban J connectivity index is 2.08. The predicted molar refractivity (Wildman–Crippen MR) is 60.5 cm³/mol. The van der Waals surface area contributed by atoms with Crippen LogP contribution in [0.1, 0.15) is 0 Å². The van der Waals surface area contributed by atoms with Gasteiger partial charge in [-0.05, 0) is 24.3 Å². The largest absolute Gasteiger partial charge is 0.487 e. The van der Waals surface area contributed by atoms with Gasteiger partial charge in [0.25, 0.3) is 0 Å². The molecule has 1 aliphatic rings. The fourth-order valence-corrected chi connectivity index (χ4v) is 3.39. The highest BCUT2D eigenvalue weighted by atomic mass is 35.5. The molecule has 0 radical (unpaired) electrons. The predicted octanol–water partition coefficient (Wildman–Crippen LogP) is 0.877. The molecule has 16 heavy (non-hydrogen) atoms. The first-order valence-corrected chi connectivity index (χ1v) is 6.97. The topological polar surface area (TPSA) is 63.6 Å². The first-order valence-electron chi connectivity index (χ1n) is 4.77. The Hall–Kier alpha value is -0.780. The van der Waals surface area contributed by atoms with E-state index in [0.29, 0.717) is 10.8 Å². The summed E-state index contributed by atoms with van der Waals surface area (Å²) in [5.74, 6) is 0.132. The summed E-state index contributed by atoms with van der Waals surface area (Å²) in [5.41, 5.74) is 0. The van der Waals surface area contributed by atoms with E-state index in [9.17, 15) is 13.5 Å². The average Bonchev–Trinajstić information content (AvgIpc) is 2.44. The summed E-state index contributed by atoms with van der Waals surface area (Å²) in [5, 5.41) is 10.1. The highest BCUT2D eigenvalue weighted by Gasteiger charge is 2.38. The van der Waals surface area contributed by atoms with Gasteiger partial charge in [-0.2, -0.15) is 0 Å². The van der Waals surface area contributed by atoms with Crippen LogP contribution in [0.15, 0.2) is 24.3 Å². The molecule has 1 fully saturated rings.